The molecule has 0 atom stereocenters. The third-order valence-electron chi connectivity index (χ3n) is 2.83. The predicted molar refractivity (Wildman–Crippen MR) is 57.6 cm³/mol. The normalized spacial score (nSPS) is 16.6. The Morgan fingerprint density at radius 1 is 1.38 bits per heavy atom. The van der Waals surface area contributed by atoms with Gasteiger partial charge in [-0.05, 0) is 38.1 Å². The molecule has 0 bridgehead atoms. The zero-order valence-electron chi connectivity index (χ0n) is 8.86. The van der Waals surface area contributed by atoms with Gasteiger partial charge in [-0.2, -0.15) is 0 Å². The van der Waals surface area contributed by atoms with E-state index in [9.17, 15) is 14.5 Å². The van der Waals surface area contributed by atoms with Gasteiger partial charge in [0.1, 0.15) is 5.82 Å². The minimum absolute atomic E-state index is 0.00769. The first-order chi connectivity index (χ1) is 7.66. The molecule has 2 rings (SSSR count). The summed E-state index contributed by atoms with van der Waals surface area (Å²) >= 11 is 0. The summed E-state index contributed by atoms with van der Waals surface area (Å²) in [6.07, 6.45) is 2.23. The fraction of sp³-hybridized carbons (Fsp3) is 0.455. The van der Waals surface area contributed by atoms with Crippen molar-refractivity contribution in [3.63, 3.8) is 0 Å². The molecule has 1 heterocycles. The van der Waals surface area contributed by atoms with E-state index in [-0.39, 0.29) is 5.69 Å². The molecule has 0 radical (unpaired) electrons. The first kappa shape index (κ1) is 11.0. The van der Waals surface area contributed by atoms with E-state index >= 15 is 0 Å². The Bertz CT molecular complexity index is 403. The Kier molecular flexibility index (Phi) is 3.14. The van der Waals surface area contributed by atoms with Crippen molar-refractivity contribution >= 4 is 5.69 Å². The summed E-state index contributed by atoms with van der Waals surface area (Å²) in [5.41, 5.74) is 0.472. The number of hydrogen-bond acceptors (Lipinski definition) is 3. The van der Waals surface area contributed by atoms with Crippen LogP contribution in [-0.2, 0) is 6.54 Å². The quantitative estimate of drug-likeness (QED) is 0.584. The van der Waals surface area contributed by atoms with Gasteiger partial charge in [0.15, 0.2) is 0 Å². The zero-order valence-corrected chi connectivity index (χ0v) is 8.86. The number of nitrogens with zero attached hydrogens (tertiary/aromatic N) is 2. The second kappa shape index (κ2) is 4.57. The van der Waals surface area contributed by atoms with Gasteiger partial charge < -0.3 is 0 Å². The number of nitro groups is 1. The average molecular weight is 224 g/mol. The number of hydrogen-bond donors (Lipinski definition) is 0. The van der Waals surface area contributed by atoms with Crippen LogP contribution in [-0.4, -0.2) is 22.9 Å². The van der Waals surface area contributed by atoms with Crippen LogP contribution in [0.5, 0.6) is 0 Å². The third-order valence-corrected chi connectivity index (χ3v) is 2.83. The highest BCUT2D eigenvalue weighted by molar-refractivity contribution is 5.40. The van der Waals surface area contributed by atoms with E-state index in [2.05, 4.69) is 4.90 Å². The highest BCUT2D eigenvalue weighted by Crippen LogP contribution is 2.22. The summed E-state index contributed by atoms with van der Waals surface area (Å²) in [7, 11) is 0. The maximum Gasteiger partial charge on any atom is 0.274 e. The molecule has 1 aliphatic heterocycles. The van der Waals surface area contributed by atoms with Crippen molar-refractivity contribution in [1.29, 1.82) is 0 Å². The molecule has 0 N–H and O–H groups in total. The van der Waals surface area contributed by atoms with E-state index < -0.39 is 10.7 Å². The van der Waals surface area contributed by atoms with Gasteiger partial charge in [0.25, 0.3) is 5.69 Å². The largest absolute Gasteiger partial charge is 0.299 e. The Balaban J connectivity index is 2.22. The van der Waals surface area contributed by atoms with Gasteiger partial charge in [-0.1, -0.05) is 0 Å². The van der Waals surface area contributed by atoms with Gasteiger partial charge in [0, 0.05) is 18.2 Å². The van der Waals surface area contributed by atoms with E-state index in [4.69, 9.17) is 0 Å². The van der Waals surface area contributed by atoms with Crippen molar-refractivity contribution in [3.05, 3.63) is 39.7 Å². The lowest BCUT2D eigenvalue weighted by atomic mass is 10.1. The average Bonchev–Trinajstić information content (AvgIpc) is 2.70. The van der Waals surface area contributed by atoms with Crippen LogP contribution in [0.2, 0.25) is 0 Å². The van der Waals surface area contributed by atoms with E-state index in [0.29, 0.717) is 12.1 Å². The van der Waals surface area contributed by atoms with Crippen LogP contribution in [0.3, 0.4) is 0 Å². The molecule has 16 heavy (non-hydrogen) atoms. The standard InChI is InChI=1S/C11H13FN2O2/c12-10-3-4-11(14(15)16)9(7-10)8-13-5-1-2-6-13/h3-4,7H,1-2,5-6,8H2. The van der Waals surface area contributed by atoms with Gasteiger partial charge in [0.2, 0.25) is 0 Å². The minimum Gasteiger partial charge on any atom is -0.299 e. The first-order valence-corrected chi connectivity index (χ1v) is 5.32. The fourth-order valence-corrected chi connectivity index (χ4v) is 2.04. The molecule has 4 nitrogen and oxygen atoms in total. The maximum absolute atomic E-state index is 13.0. The lowest BCUT2D eigenvalue weighted by Crippen LogP contribution is -2.19. The molecule has 1 aromatic carbocycles. The Labute approximate surface area is 92.8 Å². The lowest BCUT2D eigenvalue weighted by Gasteiger charge is -2.14. The highest BCUT2D eigenvalue weighted by atomic mass is 19.1. The predicted octanol–water partition coefficient (Wildman–Crippen LogP) is 2.33. The van der Waals surface area contributed by atoms with E-state index in [1.54, 1.807) is 0 Å². The minimum atomic E-state index is -0.454. The van der Waals surface area contributed by atoms with Crippen LogP contribution >= 0.6 is 0 Å². The zero-order chi connectivity index (χ0) is 11.5. The van der Waals surface area contributed by atoms with Gasteiger partial charge in [0.05, 0.1) is 4.92 Å². The molecule has 1 aliphatic rings. The highest BCUT2D eigenvalue weighted by Gasteiger charge is 2.19. The van der Waals surface area contributed by atoms with E-state index in [0.717, 1.165) is 32.0 Å². The lowest BCUT2D eigenvalue weighted by molar-refractivity contribution is -0.385. The van der Waals surface area contributed by atoms with Gasteiger partial charge in [-0.15, -0.1) is 0 Å². The first-order valence-electron chi connectivity index (χ1n) is 5.32. The molecule has 1 fully saturated rings. The molecule has 1 aromatic rings. The van der Waals surface area contributed by atoms with Gasteiger partial charge in [-0.25, -0.2) is 4.39 Å². The summed E-state index contributed by atoms with van der Waals surface area (Å²) in [4.78, 5) is 12.4. The molecule has 0 aliphatic carbocycles. The molecular weight excluding hydrogens is 211 g/mol. The van der Waals surface area contributed by atoms with Crippen LogP contribution in [0.4, 0.5) is 10.1 Å². The van der Waals surface area contributed by atoms with Crippen molar-refractivity contribution in [2.24, 2.45) is 0 Å². The molecule has 0 spiro atoms. The summed E-state index contributed by atoms with van der Waals surface area (Å²) in [5.74, 6) is -0.417. The smallest absolute Gasteiger partial charge is 0.274 e. The molecular formula is C11H13FN2O2. The third kappa shape index (κ3) is 2.36. The van der Waals surface area contributed by atoms with Gasteiger partial charge >= 0.3 is 0 Å². The van der Waals surface area contributed by atoms with Crippen LogP contribution in [0.15, 0.2) is 18.2 Å². The van der Waals surface area contributed by atoms with E-state index in [1.165, 1.54) is 12.1 Å². The molecule has 0 aromatic heterocycles. The van der Waals surface area contributed by atoms with Crippen LogP contribution in [0, 0.1) is 15.9 Å². The maximum atomic E-state index is 13.0. The monoisotopic (exact) mass is 224 g/mol. The van der Waals surface area contributed by atoms with Crippen molar-refractivity contribution in [3.8, 4) is 0 Å². The molecule has 5 heteroatoms. The summed E-state index contributed by atoms with van der Waals surface area (Å²) in [5, 5.41) is 10.8. The molecule has 0 amide bonds. The number of likely N-dealkylation sites (tertiary alicyclic amines) is 1. The number of rotatable bonds is 3. The molecule has 0 saturated carbocycles. The van der Waals surface area contributed by atoms with Crippen LogP contribution in [0.1, 0.15) is 18.4 Å². The molecule has 86 valence electrons. The Morgan fingerprint density at radius 3 is 2.69 bits per heavy atom. The Morgan fingerprint density at radius 2 is 2.06 bits per heavy atom. The van der Waals surface area contributed by atoms with Crippen LogP contribution in [0.25, 0.3) is 0 Å². The van der Waals surface area contributed by atoms with E-state index in [1.807, 2.05) is 0 Å². The molecule has 1 saturated heterocycles. The number of benzene rings is 1. The summed E-state index contributed by atoms with van der Waals surface area (Å²) in [6, 6.07) is 3.63. The van der Waals surface area contributed by atoms with Crippen molar-refractivity contribution in [1.82, 2.24) is 4.90 Å². The van der Waals surface area contributed by atoms with Crippen molar-refractivity contribution in [2.75, 3.05) is 13.1 Å². The second-order valence-electron chi connectivity index (χ2n) is 4.01. The Hall–Kier alpha value is -1.49. The van der Waals surface area contributed by atoms with Crippen molar-refractivity contribution < 1.29 is 9.31 Å². The number of halogens is 1. The summed E-state index contributed by atoms with van der Waals surface area (Å²) in [6.45, 7) is 2.34. The topological polar surface area (TPSA) is 46.4 Å². The fourth-order valence-electron chi connectivity index (χ4n) is 2.04. The second-order valence-corrected chi connectivity index (χ2v) is 4.01. The number of nitro benzene ring substituents is 1. The SMILES string of the molecule is O=[N+]([O-])c1ccc(F)cc1CN1CCCC1. The molecule has 0 unspecified atom stereocenters. The van der Waals surface area contributed by atoms with Crippen molar-refractivity contribution in [2.45, 2.75) is 19.4 Å². The van der Waals surface area contributed by atoms with Crippen LogP contribution < -0.4 is 0 Å². The van der Waals surface area contributed by atoms with Gasteiger partial charge in [-0.3, -0.25) is 15.0 Å². The summed E-state index contributed by atoms with van der Waals surface area (Å²) < 4.78 is 13.0.